The van der Waals surface area contributed by atoms with E-state index in [0.717, 1.165) is 17.2 Å². The molecule has 1 fully saturated rings. The quantitative estimate of drug-likeness (QED) is 0.819. The van der Waals surface area contributed by atoms with Crippen molar-refractivity contribution in [2.24, 2.45) is 0 Å². The lowest BCUT2D eigenvalue weighted by atomic mass is 9.93. The van der Waals surface area contributed by atoms with E-state index in [9.17, 15) is 0 Å². The third-order valence-electron chi connectivity index (χ3n) is 2.82. The SMILES string of the molecule is Brc1cc2cn(C3CCC3)nc2cn1.CO. The monoisotopic (exact) mass is 283 g/mol. The molecule has 0 aromatic carbocycles. The molecule has 0 atom stereocenters. The predicted octanol–water partition coefficient (Wildman–Crippen LogP) is 2.53. The molecule has 5 heteroatoms. The lowest BCUT2D eigenvalue weighted by molar-refractivity contribution is 0.291. The summed E-state index contributed by atoms with van der Waals surface area (Å²) in [5.41, 5.74) is 0.986. The molecule has 0 saturated heterocycles. The van der Waals surface area contributed by atoms with Gasteiger partial charge < -0.3 is 5.11 Å². The van der Waals surface area contributed by atoms with E-state index in [-0.39, 0.29) is 0 Å². The highest BCUT2D eigenvalue weighted by molar-refractivity contribution is 9.10. The Hall–Kier alpha value is -0.940. The first kappa shape index (κ1) is 11.5. The molecule has 1 aliphatic rings. The minimum Gasteiger partial charge on any atom is -0.400 e. The molecule has 0 radical (unpaired) electrons. The Labute approximate surface area is 102 Å². The van der Waals surface area contributed by atoms with Gasteiger partial charge in [0.15, 0.2) is 0 Å². The number of hydrogen-bond acceptors (Lipinski definition) is 3. The molecule has 16 heavy (non-hydrogen) atoms. The number of aliphatic hydroxyl groups is 1. The maximum absolute atomic E-state index is 7.00. The molecule has 2 aromatic rings. The normalized spacial score (nSPS) is 15.4. The number of pyridine rings is 1. The van der Waals surface area contributed by atoms with Crippen LogP contribution in [0, 0.1) is 0 Å². The van der Waals surface area contributed by atoms with Crippen molar-refractivity contribution in [1.82, 2.24) is 14.8 Å². The minimum absolute atomic E-state index is 0.626. The smallest absolute Gasteiger partial charge is 0.111 e. The van der Waals surface area contributed by atoms with Gasteiger partial charge in [-0.15, -0.1) is 0 Å². The Balaban J connectivity index is 0.000000457. The number of aromatic nitrogens is 3. The molecular formula is C11H14BrN3O. The molecule has 0 spiro atoms. The standard InChI is InChI=1S/C10H10BrN3.CH4O/c11-10-4-7-6-14(8-2-1-3-8)13-9(7)5-12-10;1-2/h4-6,8H,1-3H2;2H,1H3. The first-order valence-corrected chi connectivity index (χ1v) is 6.07. The van der Waals surface area contributed by atoms with Crippen LogP contribution in [0.3, 0.4) is 0 Å². The van der Waals surface area contributed by atoms with E-state index >= 15 is 0 Å². The average Bonchev–Trinajstić information content (AvgIpc) is 2.60. The molecule has 4 nitrogen and oxygen atoms in total. The second-order valence-electron chi connectivity index (χ2n) is 3.76. The van der Waals surface area contributed by atoms with Gasteiger partial charge in [0, 0.05) is 18.7 Å². The van der Waals surface area contributed by atoms with Gasteiger partial charge in [-0.25, -0.2) is 4.98 Å². The largest absolute Gasteiger partial charge is 0.400 e. The van der Waals surface area contributed by atoms with E-state index in [1.54, 1.807) is 0 Å². The van der Waals surface area contributed by atoms with Crippen LogP contribution >= 0.6 is 15.9 Å². The lowest BCUT2D eigenvalue weighted by Gasteiger charge is -2.25. The van der Waals surface area contributed by atoms with Crippen molar-refractivity contribution in [1.29, 1.82) is 0 Å². The molecule has 1 N–H and O–H groups in total. The number of hydrogen-bond donors (Lipinski definition) is 1. The Bertz CT molecular complexity index is 479. The van der Waals surface area contributed by atoms with Crippen LogP contribution in [0.5, 0.6) is 0 Å². The first-order valence-electron chi connectivity index (χ1n) is 5.28. The fraction of sp³-hybridized carbons (Fsp3) is 0.455. The van der Waals surface area contributed by atoms with E-state index in [2.05, 4.69) is 36.9 Å². The zero-order valence-electron chi connectivity index (χ0n) is 9.10. The summed E-state index contributed by atoms with van der Waals surface area (Å²) in [6.45, 7) is 0. The highest BCUT2D eigenvalue weighted by Crippen LogP contribution is 2.32. The molecular weight excluding hydrogens is 270 g/mol. The number of halogens is 1. The molecule has 3 rings (SSSR count). The summed E-state index contributed by atoms with van der Waals surface area (Å²) < 4.78 is 2.96. The van der Waals surface area contributed by atoms with Gasteiger partial charge in [-0.1, -0.05) is 0 Å². The summed E-state index contributed by atoms with van der Waals surface area (Å²) in [4.78, 5) is 4.16. The Morgan fingerprint density at radius 2 is 2.19 bits per heavy atom. The summed E-state index contributed by atoms with van der Waals surface area (Å²) in [6, 6.07) is 2.64. The van der Waals surface area contributed by atoms with Gasteiger partial charge in [-0.3, -0.25) is 4.68 Å². The van der Waals surface area contributed by atoms with Crippen LogP contribution in [-0.4, -0.2) is 27.0 Å². The van der Waals surface area contributed by atoms with Crippen LogP contribution < -0.4 is 0 Å². The summed E-state index contributed by atoms with van der Waals surface area (Å²) in [5, 5.41) is 12.7. The zero-order valence-corrected chi connectivity index (χ0v) is 10.7. The van der Waals surface area contributed by atoms with Crippen molar-refractivity contribution < 1.29 is 5.11 Å². The molecule has 0 aliphatic heterocycles. The average molecular weight is 284 g/mol. The molecule has 1 saturated carbocycles. The van der Waals surface area contributed by atoms with E-state index < -0.39 is 0 Å². The van der Waals surface area contributed by atoms with Gasteiger partial charge in [0.25, 0.3) is 0 Å². The third kappa shape index (κ3) is 2.10. The van der Waals surface area contributed by atoms with Crippen molar-refractivity contribution >= 4 is 26.8 Å². The summed E-state index contributed by atoms with van der Waals surface area (Å²) >= 11 is 3.36. The van der Waals surface area contributed by atoms with E-state index in [1.807, 2.05) is 12.3 Å². The first-order chi connectivity index (χ1) is 7.83. The van der Waals surface area contributed by atoms with E-state index in [0.29, 0.717) is 6.04 Å². The number of rotatable bonds is 1. The van der Waals surface area contributed by atoms with Crippen molar-refractivity contribution in [3.8, 4) is 0 Å². The highest BCUT2D eigenvalue weighted by Gasteiger charge is 2.20. The second kappa shape index (κ2) is 4.93. The van der Waals surface area contributed by atoms with E-state index in [1.165, 1.54) is 24.6 Å². The van der Waals surface area contributed by atoms with Crippen LogP contribution in [0.15, 0.2) is 23.1 Å². The summed E-state index contributed by atoms with van der Waals surface area (Å²) in [6.07, 6.45) is 7.80. The Morgan fingerprint density at radius 3 is 2.81 bits per heavy atom. The Morgan fingerprint density at radius 1 is 1.44 bits per heavy atom. The van der Waals surface area contributed by atoms with Gasteiger partial charge in [0.1, 0.15) is 10.1 Å². The molecule has 2 heterocycles. The van der Waals surface area contributed by atoms with Gasteiger partial charge in [0.05, 0.1) is 12.2 Å². The third-order valence-corrected chi connectivity index (χ3v) is 3.26. The summed E-state index contributed by atoms with van der Waals surface area (Å²) in [7, 11) is 1.00. The molecule has 0 amide bonds. The van der Waals surface area contributed by atoms with Gasteiger partial charge >= 0.3 is 0 Å². The fourth-order valence-electron chi connectivity index (χ4n) is 1.76. The molecule has 2 aromatic heterocycles. The maximum atomic E-state index is 7.00. The van der Waals surface area contributed by atoms with Crippen molar-refractivity contribution in [2.45, 2.75) is 25.3 Å². The van der Waals surface area contributed by atoms with Crippen molar-refractivity contribution in [3.63, 3.8) is 0 Å². The molecule has 1 aliphatic carbocycles. The number of aliphatic hydroxyl groups excluding tert-OH is 1. The molecule has 0 bridgehead atoms. The number of nitrogens with zero attached hydrogens (tertiary/aromatic N) is 3. The van der Waals surface area contributed by atoms with Crippen LogP contribution in [0.1, 0.15) is 25.3 Å². The maximum Gasteiger partial charge on any atom is 0.111 e. The topological polar surface area (TPSA) is 50.9 Å². The van der Waals surface area contributed by atoms with Gasteiger partial charge in [-0.05, 0) is 41.3 Å². The van der Waals surface area contributed by atoms with Crippen LogP contribution in [0.25, 0.3) is 10.9 Å². The highest BCUT2D eigenvalue weighted by atomic mass is 79.9. The van der Waals surface area contributed by atoms with Gasteiger partial charge in [-0.2, -0.15) is 5.10 Å². The minimum atomic E-state index is 0.626. The lowest BCUT2D eigenvalue weighted by Crippen LogP contribution is -2.16. The predicted molar refractivity (Wildman–Crippen MR) is 66.3 cm³/mol. The van der Waals surface area contributed by atoms with Gasteiger partial charge in [0.2, 0.25) is 0 Å². The Kier molecular flexibility index (Phi) is 3.56. The molecule has 86 valence electrons. The van der Waals surface area contributed by atoms with Crippen LogP contribution in [0.2, 0.25) is 0 Å². The fourth-order valence-corrected chi connectivity index (χ4v) is 2.11. The van der Waals surface area contributed by atoms with Crippen molar-refractivity contribution in [2.75, 3.05) is 7.11 Å². The van der Waals surface area contributed by atoms with E-state index in [4.69, 9.17) is 5.11 Å². The number of fused-ring (bicyclic) bond motifs is 1. The van der Waals surface area contributed by atoms with Crippen molar-refractivity contribution in [3.05, 3.63) is 23.1 Å². The molecule has 0 unspecified atom stereocenters. The van der Waals surface area contributed by atoms with Crippen LogP contribution in [0.4, 0.5) is 0 Å². The zero-order chi connectivity index (χ0) is 11.5. The van der Waals surface area contributed by atoms with Crippen LogP contribution in [-0.2, 0) is 0 Å². The summed E-state index contributed by atoms with van der Waals surface area (Å²) in [5.74, 6) is 0. The second-order valence-corrected chi connectivity index (χ2v) is 4.57.